The molecule has 1 saturated carbocycles. The van der Waals surface area contributed by atoms with Crippen molar-refractivity contribution in [2.24, 2.45) is 5.73 Å². The van der Waals surface area contributed by atoms with Gasteiger partial charge in [0.15, 0.2) is 0 Å². The molecule has 0 unspecified atom stereocenters. The summed E-state index contributed by atoms with van der Waals surface area (Å²) in [5, 5.41) is 0. The fraction of sp³-hybridized carbons (Fsp3) is 0.625. The van der Waals surface area contributed by atoms with Gasteiger partial charge in [0.2, 0.25) is 0 Å². The van der Waals surface area contributed by atoms with Crippen molar-refractivity contribution in [1.29, 1.82) is 0 Å². The van der Waals surface area contributed by atoms with E-state index in [1.807, 2.05) is 0 Å². The molecule has 2 fully saturated rings. The van der Waals surface area contributed by atoms with E-state index in [9.17, 15) is 0 Å². The van der Waals surface area contributed by atoms with E-state index in [1.165, 1.54) is 67.3 Å². The maximum atomic E-state index is 6.01. The molecule has 1 saturated heterocycles. The number of benzene rings is 1. The average Bonchev–Trinajstić information content (AvgIpc) is 2.39. The van der Waals surface area contributed by atoms with E-state index in [1.54, 1.807) is 0 Å². The molecule has 2 N–H and O–H groups in total. The molecule has 0 bridgehead atoms. The summed E-state index contributed by atoms with van der Waals surface area (Å²) in [6.45, 7) is 3.17. The second kappa shape index (κ2) is 5.45. The number of hydrogen-bond donors (Lipinski definition) is 1. The molecule has 0 aromatic heterocycles. The van der Waals surface area contributed by atoms with Crippen molar-refractivity contribution in [3.05, 3.63) is 28.2 Å². The predicted molar refractivity (Wildman–Crippen MR) is 84.8 cm³/mol. The molecule has 2 nitrogen and oxygen atoms in total. The summed E-state index contributed by atoms with van der Waals surface area (Å²) >= 11 is 3.78. The minimum atomic E-state index is 0.267. The van der Waals surface area contributed by atoms with Crippen LogP contribution < -0.4 is 10.6 Å². The van der Waals surface area contributed by atoms with E-state index in [0.717, 1.165) is 6.54 Å². The first-order valence-corrected chi connectivity index (χ1v) is 8.29. The van der Waals surface area contributed by atoms with E-state index >= 15 is 0 Å². The predicted octanol–water partition coefficient (Wildman–Crippen LogP) is 3.82. The summed E-state index contributed by atoms with van der Waals surface area (Å²) < 4.78 is 1.24. The van der Waals surface area contributed by atoms with Gasteiger partial charge in [-0.05, 0) is 65.7 Å². The van der Waals surface area contributed by atoms with Crippen molar-refractivity contribution < 1.29 is 0 Å². The monoisotopic (exact) mass is 322 g/mol. The van der Waals surface area contributed by atoms with Crippen LogP contribution in [0.5, 0.6) is 0 Å². The molecule has 19 heavy (non-hydrogen) atoms. The Morgan fingerprint density at radius 1 is 1.11 bits per heavy atom. The van der Waals surface area contributed by atoms with Crippen LogP contribution in [-0.2, 0) is 5.41 Å². The molecule has 3 rings (SSSR count). The van der Waals surface area contributed by atoms with Crippen molar-refractivity contribution in [2.75, 3.05) is 24.5 Å². The van der Waals surface area contributed by atoms with Crippen molar-refractivity contribution in [1.82, 2.24) is 0 Å². The highest BCUT2D eigenvalue weighted by molar-refractivity contribution is 9.10. The Balaban J connectivity index is 1.85. The Morgan fingerprint density at radius 3 is 2.37 bits per heavy atom. The minimum absolute atomic E-state index is 0.267. The lowest BCUT2D eigenvalue weighted by atomic mass is 9.64. The molecule has 0 atom stereocenters. The van der Waals surface area contributed by atoms with Gasteiger partial charge in [-0.3, -0.25) is 0 Å². The molecule has 104 valence electrons. The molecule has 1 aliphatic carbocycles. The van der Waals surface area contributed by atoms with Crippen LogP contribution in [0.1, 0.15) is 44.1 Å². The van der Waals surface area contributed by atoms with Crippen LogP contribution in [0.25, 0.3) is 0 Å². The van der Waals surface area contributed by atoms with E-state index in [4.69, 9.17) is 5.73 Å². The first kappa shape index (κ1) is 13.4. The summed E-state index contributed by atoms with van der Waals surface area (Å²) in [6.07, 6.45) is 7.84. The number of halogens is 1. The van der Waals surface area contributed by atoms with Crippen LogP contribution in [0.4, 0.5) is 5.69 Å². The summed E-state index contributed by atoms with van der Waals surface area (Å²) in [5.41, 5.74) is 9.05. The highest BCUT2D eigenvalue weighted by Gasteiger charge is 2.37. The van der Waals surface area contributed by atoms with Gasteiger partial charge in [-0.25, -0.2) is 0 Å². The highest BCUT2D eigenvalue weighted by atomic mass is 79.9. The minimum Gasteiger partial charge on any atom is -0.371 e. The highest BCUT2D eigenvalue weighted by Crippen LogP contribution is 2.44. The molecule has 1 aliphatic heterocycles. The maximum Gasteiger partial charge on any atom is 0.0510 e. The zero-order valence-corrected chi connectivity index (χ0v) is 13.1. The second-order valence-electron chi connectivity index (χ2n) is 6.05. The Labute approximate surface area is 124 Å². The zero-order valence-electron chi connectivity index (χ0n) is 11.5. The third-order valence-corrected chi connectivity index (χ3v) is 5.59. The smallest absolute Gasteiger partial charge is 0.0510 e. The normalized spacial score (nSPS) is 22.1. The summed E-state index contributed by atoms with van der Waals surface area (Å²) in [7, 11) is 0. The topological polar surface area (TPSA) is 29.3 Å². The molecule has 0 spiro atoms. The van der Waals surface area contributed by atoms with Crippen LogP contribution >= 0.6 is 15.9 Å². The molecule has 1 heterocycles. The summed E-state index contributed by atoms with van der Waals surface area (Å²) in [6, 6.07) is 6.91. The van der Waals surface area contributed by atoms with Gasteiger partial charge in [-0.1, -0.05) is 12.5 Å². The van der Waals surface area contributed by atoms with Crippen LogP contribution in [-0.4, -0.2) is 19.6 Å². The lowest BCUT2D eigenvalue weighted by Gasteiger charge is -2.42. The molecule has 0 amide bonds. The van der Waals surface area contributed by atoms with Crippen molar-refractivity contribution in [2.45, 2.75) is 43.9 Å². The van der Waals surface area contributed by atoms with E-state index < -0.39 is 0 Å². The molecular weight excluding hydrogens is 300 g/mol. The summed E-state index contributed by atoms with van der Waals surface area (Å²) in [5.74, 6) is 0. The van der Waals surface area contributed by atoms with Gasteiger partial charge in [0.25, 0.3) is 0 Å². The van der Waals surface area contributed by atoms with E-state index in [0.29, 0.717) is 0 Å². The van der Waals surface area contributed by atoms with Gasteiger partial charge >= 0.3 is 0 Å². The van der Waals surface area contributed by atoms with E-state index in [-0.39, 0.29) is 5.41 Å². The van der Waals surface area contributed by atoms with Crippen molar-refractivity contribution in [3.8, 4) is 0 Å². The number of piperidine rings is 1. The zero-order chi connectivity index (χ0) is 13.3. The Kier molecular flexibility index (Phi) is 3.86. The fourth-order valence-electron chi connectivity index (χ4n) is 3.44. The Hall–Kier alpha value is -0.540. The lowest BCUT2D eigenvalue weighted by Crippen LogP contribution is -2.41. The molecule has 1 aromatic carbocycles. The number of anilines is 1. The van der Waals surface area contributed by atoms with Crippen LogP contribution in [0.2, 0.25) is 0 Å². The first-order chi connectivity index (χ1) is 9.25. The van der Waals surface area contributed by atoms with Gasteiger partial charge in [0.1, 0.15) is 0 Å². The molecule has 0 radical (unpaired) electrons. The molecular formula is C16H23BrN2. The van der Waals surface area contributed by atoms with Gasteiger partial charge in [0, 0.05) is 29.5 Å². The second-order valence-corrected chi connectivity index (χ2v) is 6.91. The Bertz CT molecular complexity index is 443. The van der Waals surface area contributed by atoms with Crippen LogP contribution in [0.15, 0.2) is 22.7 Å². The quantitative estimate of drug-likeness (QED) is 0.916. The van der Waals surface area contributed by atoms with Gasteiger partial charge in [0.05, 0.1) is 5.69 Å². The molecule has 1 aromatic rings. The summed E-state index contributed by atoms with van der Waals surface area (Å²) in [4.78, 5) is 2.51. The van der Waals surface area contributed by atoms with Gasteiger partial charge in [-0.2, -0.15) is 0 Å². The number of hydrogen-bond acceptors (Lipinski definition) is 2. The van der Waals surface area contributed by atoms with Gasteiger partial charge in [-0.15, -0.1) is 0 Å². The molecule has 3 heteroatoms. The van der Waals surface area contributed by atoms with Gasteiger partial charge < -0.3 is 10.6 Å². The first-order valence-electron chi connectivity index (χ1n) is 7.50. The van der Waals surface area contributed by atoms with Crippen LogP contribution in [0.3, 0.4) is 0 Å². The average molecular weight is 323 g/mol. The molecule has 2 aliphatic rings. The fourth-order valence-corrected chi connectivity index (χ4v) is 4.07. The standard InChI is InChI=1S/C16H23BrN2/c17-14-11-13(16(12-18)7-4-8-16)5-6-15(14)19-9-2-1-3-10-19/h5-6,11H,1-4,7-10,12,18H2. The number of nitrogens with zero attached hydrogens (tertiary/aromatic N) is 1. The number of nitrogens with two attached hydrogens (primary N) is 1. The van der Waals surface area contributed by atoms with Crippen LogP contribution in [0, 0.1) is 0 Å². The number of rotatable bonds is 3. The third kappa shape index (κ3) is 2.43. The van der Waals surface area contributed by atoms with E-state index in [2.05, 4.69) is 39.0 Å². The largest absolute Gasteiger partial charge is 0.371 e. The SMILES string of the molecule is NCC1(c2ccc(N3CCCCC3)c(Br)c2)CCC1. The lowest BCUT2D eigenvalue weighted by molar-refractivity contribution is 0.253. The van der Waals surface area contributed by atoms with Crippen molar-refractivity contribution in [3.63, 3.8) is 0 Å². The Morgan fingerprint density at radius 2 is 1.84 bits per heavy atom. The maximum absolute atomic E-state index is 6.01. The van der Waals surface area contributed by atoms with Crippen molar-refractivity contribution >= 4 is 21.6 Å². The third-order valence-electron chi connectivity index (χ3n) is 4.96.